The highest BCUT2D eigenvalue weighted by Crippen LogP contribution is 2.24. The minimum atomic E-state index is -0.389. The van der Waals surface area contributed by atoms with E-state index in [-0.39, 0.29) is 17.8 Å². The molecule has 1 aromatic heterocycles. The van der Waals surface area contributed by atoms with E-state index in [2.05, 4.69) is 4.98 Å². The maximum atomic E-state index is 13.8. The highest BCUT2D eigenvalue weighted by molar-refractivity contribution is 5.96. The highest BCUT2D eigenvalue weighted by atomic mass is 19.1. The molecule has 5 heteroatoms. The summed E-state index contributed by atoms with van der Waals surface area (Å²) in [5, 5.41) is 0. The van der Waals surface area contributed by atoms with Crippen molar-refractivity contribution in [2.24, 2.45) is 0 Å². The Morgan fingerprint density at radius 1 is 1.38 bits per heavy atom. The monoisotopic (exact) mass is 287 g/mol. The Kier molecular flexibility index (Phi) is 4.21. The van der Waals surface area contributed by atoms with Gasteiger partial charge in [-0.1, -0.05) is 18.2 Å². The molecule has 1 aromatic carbocycles. The van der Waals surface area contributed by atoms with Crippen LogP contribution in [-0.2, 0) is 0 Å². The molecule has 0 saturated carbocycles. The van der Waals surface area contributed by atoms with Crippen molar-refractivity contribution in [2.75, 3.05) is 12.8 Å². The van der Waals surface area contributed by atoms with E-state index in [0.29, 0.717) is 22.5 Å². The summed E-state index contributed by atoms with van der Waals surface area (Å²) in [6, 6.07) is 7.64. The minimum absolute atomic E-state index is 0.233. The molecule has 0 spiro atoms. The zero-order chi connectivity index (χ0) is 15.6. The molecule has 4 nitrogen and oxygen atoms in total. The quantitative estimate of drug-likeness (QED) is 0.944. The Morgan fingerprint density at radius 2 is 2.05 bits per heavy atom. The number of aromatic nitrogens is 1. The zero-order valence-corrected chi connectivity index (χ0v) is 12.3. The van der Waals surface area contributed by atoms with E-state index in [1.54, 1.807) is 45.2 Å². The molecule has 1 unspecified atom stereocenters. The van der Waals surface area contributed by atoms with Crippen LogP contribution < -0.4 is 5.73 Å². The maximum absolute atomic E-state index is 13.8. The van der Waals surface area contributed by atoms with E-state index < -0.39 is 0 Å². The molecular weight excluding hydrogens is 269 g/mol. The lowest BCUT2D eigenvalue weighted by molar-refractivity contribution is 0.0739. The predicted molar refractivity (Wildman–Crippen MR) is 80.3 cm³/mol. The molecule has 0 fully saturated rings. The fraction of sp³-hybridized carbons (Fsp3) is 0.250. The minimum Gasteiger partial charge on any atom is -0.397 e. The lowest BCUT2D eigenvalue weighted by Crippen LogP contribution is -2.31. The molecular formula is C16H18FN3O. The van der Waals surface area contributed by atoms with Crippen molar-refractivity contribution in [3.8, 4) is 0 Å². The summed E-state index contributed by atoms with van der Waals surface area (Å²) in [6.45, 7) is 3.53. The van der Waals surface area contributed by atoms with Gasteiger partial charge in [0.25, 0.3) is 5.91 Å². The topological polar surface area (TPSA) is 59.2 Å². The summed E-state index contributed by atoms with van der Waals surface area (Å²) < 4.78 is 13.8. The smallest absolute Gasteiger partial charge is 0.256 e. The van der Waals surface area contributed by atoms with E-state index in [1.807, 2.05) is 0 Å². The third kappa shape index (κ3) is 3.02. The number of nitrogens with zero attached hydrogens (tertiary/aromatic N) is 2. The summed E-state index contributed by atoms with van der Waals surface area (Å²) in [7, 11) is 1.64. The molecule has 110 valence electrons. The van der Waals surface area contributed by atoms with Crippen LogP contribution in [0.5, 0.6) is 0 Å². The molecule has 0 bridgehead atoms. The molecule has 1 atom stereocenters. The van der Waals surface area contributed by atoms with Crippen molar-refractivity contribution < 1.29 is 9.18 Å². The standard InChI is InChI=1S/C16H18FN3O/c1-10-14(8-12(18)9-19-10)16(21)20(3)11(2)13-6-4-5-7-15(13)17/h4-9,11H,18H2,1-3H3. The molecule has 21 heavy (non-hydrogen) atoms. The third-order valence-electron chi connectivity index (χ3n) is 3.60. The van der Waals surface area contributed by atoms with Crippen LogP contribution in [0.25, 0.3) is 0 Å². The van der Waals surface area contributed by atoms with Gasteiger partial charge in [0.15, 0.2) is 0 Å². The van der Waals surface area contributed by atoms with Crippen LogP contribution in [-0.4, -0.2) is 22.8 Å². The maximum Gasteiger partial charge on any atom is 0.256 e. The summed E-state index contributed by atoms with van der Waals surface area (Å²) in [4.78, 5) is 18.1. The summed E-state index contributed by atoms with van der Waals surface area (Å²) in [5.74, 6) is -0.560. The lowest BCUT2D eigenvalue weighted by Gasteiger charge is -2.26. The number of aryl methyl sites for hydroxylation is 1. The number of carbonyl (C=O) groups is 1. The van der Waals surface area contributed by atoms with Crippen LogP contribution in [0.2, 0.25) is 0 Å². The SMILES string of the molecule is Cc1ncc(N)cc1C(=O)N(C)C(C)c1ccccc1F. The van der Waals surface area contributed by atoms with Gasteiger partial charge in [-0.25, -0.2) is 4.39 Å². The normalized spacial score (nSPS) is 12.0. The number of nitrogen functional groups attached to an aromatic ring is 1. The van der Waals surface area contributed by atoms with Gasteiger partial charge in [-0.3, -0.25) is 9.78 Å². The van der Waals surface area contributed by atoms with Crippen molar-refractivity contribution >= 4 is 11.6 Å². The van der Waals surface area contributed by atoms with Crippen LogP contribution in [0.1, 0.15) is 34.6 Å². The van der Waals surface area contributed by atoms with Crippen LogP contribution in [0.4, 0.5) is 10.1 Å². The number of amides is 1. The fourth-order valence-electron chi connectivity index (χ4n) is 2.15. The molecule has 0 saturated heterocycles. The van der Waals surface area contributed by atoms with Gasteiger partial charge in [-0.15, -0.1) is 0 Å². The fourth-order valence-corrected chi connectivity index (χ4v) is 2.15. The lowest BCUT2D eigenvalue weighted by atomic mass is 10.1. The van der Waals surface area contributed by atoms with Crippen LogP contribution >= 0.6 is 0 Å². The first-order valence-electron chi connectivity index (χ1n) is 6.65. The molecule has 0 aliphatic heterocycles. The second kappa shape index (κ2) is 5.91. The molecule has 1 heterocycles. The van der Waals surface area contributed by atoms with E-state index in [9.17, 15) is 9.18 Å². The first-order valence-corrected chi connectivity index (χ1v) is 6.65. The number of rotatable bonds is 3. The zero-order valence-electron chi connectivity index (χ0n) is 12.3. The van der Waals surface area contributed by atoms with Gasteiger partial charge < -0.3 is 10.6 Å². The van der Waals surface area contributed by atoms with Gasteiger partial charge in [-0.05, 0) is 26.0 Å². The Hall–Kier alpha value is -2.43. The largest absolute Gasteiger partial charge is 0.397 e. The van der Waals surface area contributed by atoms with Crippen molar-refractivity contribution in [3.63, 3.8) is 0 Å². The number of carbonyl (C=O) groups excluding carboxylic acids is 1. The number of anilines is 1. The summed E-state index contributed by atoms with van der Waals surface area (Å²) >= 11 is 0. The van der Waals surface area contributed by atoms with E-state index in [1.165, 1.54) is 17.2 Å². The average Bonchev–Trinajstić information content (AvgIpc) is 2.48. The molecule has 0 aliphatic rings. The second-order valence-corrected chi connectivity index (χ2v) is 5.02. The molecule has 0 radical (unpaired) electrons. The van der Waals surface area contributed by atoms with Crippen molar-refractivity contribution in [1.82, 2.24) is 9.88 Å². The van der Waals surface area contributed by atoms with E-state index in [4.69, 9.17) is 5.73 Å². The molecule has 2 aromatic rings. The Labute approximate surface area is 123 Å². The highest BCUT2D eigenvalue weighted by Gasteiger charge is 2.22. The van der Waals surface area contributed by atoms with Gasteiger partial charge >= 0.3 is 0 Å². The molecule has 0 aliphatic carbocycles. The van der Waals surface area contributed by atoms with E-state index >= 15 is 0 Å². The average molecular weight is 287 g/mol. The van der Waals surface area contributed by atoms with Gasteiger partial charge in [0.05, 0.1) is 29.2 Å². The number of nitrogens with two attached hydrogens (primary N) is 1. The number of hydrogen-bond acceptors (Lipinski definition) is 3. The first-order chi connectivity index (χ1) is 9.91. The number of hydrogen-bond donors (Lipinski definition) is 1. The van der Waals surface area contributed by atoms with Gasteiger partial charge in [0.2, 0.25) is 0 Å². The van der Waals surface area contributed by atoms with Gasteiger partial charge in [-0.2, -0.15) is 0 Å². The molecule has 2 N–H and O–H groups in total. The van der Waals surface area contributed by atoms with Crippen LogP contribution in [0.3, 0.4) is 0 Å². The Balaban J connectivity index is 2.31. The first kappa shape index (κ1) is 15.0. The Morgan fingerprint density at radius 3 is 2.71 bits per heavy atom. The molecule has 1 amide bonds. The Bertz CT molecular complexity index is 672. The number of halogens is 1. The summed E-state index contributed by atoms with van der Waals surface area (Å²) in [5.41, 5.74) is 7.62. The van der Waals surface area contributed by atoms with Crippen molar-refractivity contribution in [2.45, 2.75) is 19.9 Å². The van der Waals surface area contributed by atoms with E-state index in [0.717, 1.165) is 0 Å². The third-order valence-corrected chi connectivity index (χ3v) is 3.60. The number of benzene rings is 1. The van der Waals surface area contributed by atoms with Crippen molar-refractivity contribution in [1.29, 1.82) is 0 Å². The van der Waals surface area contributed by atoms with Crippen LogP contribution in [0.15, 0.2) is 36.5 Å². The number of pyridine rings is 1. The molecule has 2 rings (SSSR count). The second-order valence-electron chi connectivity index (χ2n) is 5.02. The van der Waals surface area contributed by atoms with Crippen molar-refractivity contribution in [3.05, 3.63) is 59.2 Å². The van der Waals surface area contributed by atoms with Crippen LogP contribution in [0, 0.1) is 12.7 Å². The van der Waals surface area contributed by atoms with Gasteiger partial charge in [0.1, 0.15) is 5.82 Å². The summed E-state index contributed by atoms with van der Waals surface area (Å²) in [6.07, 6.45) is 1.51. The van der Waals surface area contributed by atoms with Gasteiger partial charge in [0, 0.05) is 12.6 Å². The predicted octanol–water partition coefficient (Wildman–Crippen LogP) is 2.94.